The molecule has 0 atom stereocenters. The van der Waals surface area contributed by atoms with E-state index in [0.717, 1.165) is 30.9 Å². The number of ether oxygens (including phenoxy) is 1. The highest BCUT2D eigenvalue weighted by molar-refractivity contribution is 5.46. The Morgan fingerprint density at radius 2 is 1.75 bits per heavy atom. The van der Waals surface area contributed by atoms with Gasteiger partial charge in [0.1, 0.15) is 5.75 Å². The molecule has 90 valence electrons. The van der Waals surface area contributed by atoms with Crippen LogP contribution in [0.5, 0.6) is 5.75 Å². The van der Waals surface area contributed by atoms with Crippen LogP contribution in [0, 0.1) is 0 Å². The van der Waals surface area contributed by atoms with E-state index in [9.17, 15) is 0 Å². The summed E-state index contributed by atoms with van der Waals surface area (Å²) in [4.78, 5) is 0. The average Bonchev–Trinajstić information content (AvgIpc) is 2.34. The molecule has 0 fully saturated rings. The zero-order chi connectivity index (χ0) is 11.6. The monoisotopic (exact) mass is 222 g/mol. The average molecular weight is 222 g/mol. The Morgan fingerprint density at radius 3 is 2.38 bits per heavy atom. The van der Waals surface area contributed by atoms with Crippen molar-refractivity contribution in [2.45, 2.75) is 25.7 Å². The smallest absolute Gasteiger partial charge is 0.119 e. The maximum atomic E-state index is 5.43. The molecule has 0 aliphatic heterocycles. The second kappa shape index (κ2) is 7.99. The normalized spacial score (nSPS) is 10.1. The standard InChI is InChI=1S/C13H22N2O/c1-16-13-8-6-12(7-9-13)15-11-5-3-2-4-10-14/h6-9,15H,2-5,10-11,14H2,1H3. The molecule has 1 aromatic rings. The van der Waals surface area contributed by atoms with Crippen molar-refractivity contribution in [2.24, 2.45) is 5.73 Å². The summed E-state index contributed by atoms with van der Waals surface area (Å²) in [5, 5.41) is 3.39. The molecule has 0 bridgehead atoms. The van der Waals surface area contributed by atoms with Crippen LogP contribution in [0.2, 0.25) is 0 Å². The summed E-state index contributed by atoms with van der Waals surface area (Å²) in [7, 11) is 1.68. The topological polar surface area (TPSA) is 47.3 Å². The van der Waals surface area contributed by atoms with Crippen molar-refractivity contribution < 1.29 is 4.74 Å². The van der Waals surface area contributed by atoms with Gasteiger partial charge in [0, 0.05) is 12.2 Å². The van der Waals surface area contributed by atoms with E-state index in [1.54, 1.807) is 7.11 Å². The molecule has 0 spiro atoms. The fourth-order valence-electron chi connectivity index (χ4n) is 1.56. The molecule has 0 radical (unpaired) electrons. The first-order valence-corrected chi connectivity index (χ1v) is 5.95. The van der Waals surface area contributed by atoms with E-state index < -0.39 is 0 Å². The second-order valence-corrected chi connectivity index (χ2v) is 3.86. The zero-order valence-corrected chi connectivity index (χ0v) is 10.0. The van der Waals surface area contributed by atoms with Crippen molar-refractivity contribution in [3.05, 3.63) is 24.3 Å². The summed E-state index contributed by atoms with van der Waals surface area (Å²) in [5.41, 5.74) is 6.59. The van der Waals surface area contributed by atoms with Crippen LogP contribution < -0.4 is 15.8 Å². The van der Waals surface area contributed by atoms with Gasteiger partial charge in [-0.05, 0) is 43.7 Å². The van der Waals surface area contributed by atoms with Crippen LogP contribution in [0.1, 0.15) is 25.7 Å². The Balaban J connectivity index is 2.12. The number of nitrogens with one attached hydrogen (secondary N) is 1. The molecular formula is C13H22N2O. The lowest BCUT2D eigenvalue weighted by Gasteiger charge is -2.07. The molecule has 1 aromatic carbocycles. The Morgan fingerprint density at radius 1 is 1.06 bits per heavy atom. The molecule has 0 unspecified atom stereocenters. The largest absolute Gasteiger partial charge is 0.497 e. The molecule has 1 rings (SSSR count). The van der Waals surface area contributed by atoms with Crippen LogP contribution in [0.15, 0.2) is 24.3 Å². The van der Waals surface area contributed by atoms with Crippen LogP contribution in [-0.4, -0.2) is 20.2 Å². The minimum Gasteiger partial charge on any atom is -0.497 e. The molecule has 0 aliphatic carbocycles. The summed E-state index contributed by atoms with van der Waals surface area (Å²) in [6.45, 7) is 1.84. The van der Waals surface area contributed by atoms with Gasteiger partial charge in [-0.25, -0.2) is 0 Å². The van der Waals surface area contributed by atoms with Gasteiger partial charge in [-0.1, -0.05) is 12.8 Å². The van der Waals surface area contributed by atoms with Crippen LogP contribution in [0.4, 0.5) is 5.69 Å². The van der Waals surface area contributed by atoms with Gasteiger partial charge in [0.25, 0.3) is 0 Å². The first kappa shape index (κ1) is 12.8. The lowest BCUT2D eigenvalue weighted by atomic mass is 10.2. The maximum Gasteiger partial charge on any atom is 0.119 e. The van der Waals surface area contributed by atoms with E-state index in [0.29, 0.717) is 0 Å². The van der Waals surface area contributed by atoms with Crippen LogP contribution in [0.3, 0.4) is 0 Å². The van der Waals surface area contributed by atoms with Gasteiger partial charge in [0.2, 0.25) is 0 Å². The fourth-order valence-corrected chi connectivity index (χ4v) is 1.56. The number of benzene rings is 1. The Hall–Kier alpha value is -1.22. The van der Waals surface area contributed by atoms with E-state index in [-0.39, 0.29) is 0 Å². The van der Waals surface area contributed by atoms with Gasteiger partial charge in [-0.2, -0.15) is 0 Å². The van der Waals surface area contributed by atoms with E-state index >= 15 is 0 Å². The highest BCUT2D eigenvalue weighted by Crippen LogP contribution is 2.14. The molecule has 3 heteroatoms. The Labute approximate surface area is 98.0 Å². The molecular weight excluding hydrogens is 200 g/mol. The SMILES string of the molecule is COc1ccc(NCCCCCCN)cc1. The number of methoxy groups -OCH3 is 1. The van der Waals surface area contributed by atoms with Crippen LogP contribution in [-0.2, 0) is 0 Å². The predicted octanol–water partition coefficient (Wildman–Crippen LogP) is 2.63. The summed E-state index contributed by atoms with van der Waals surface area (Å²) >= 11 is 0. The predicted molar refractivity (Wildman–Crippen MR) is 69.0 cm³/mol. The molecule has 0 amide bonds. The minimum absolute atomic E-state index is 0.811. The van der Waals surface area contributed by atoms with Crippen molar-refractivity contribution >= 4 is 5.69 Å². The lowest BCUT2D eigenvalue weighted by molar-refractivity contribution is 0.415. The number of hydrogen-bond donors (Lipinski definition) is 2. The van der Waals surface area contributed by atoms with E-state index in [1.165, 1.54) is 19.3 Å². The molecule has 0 aliphatic rings. The van der Waals surface area contributed by atoms with Gasteiger partial charge >= 0.3 is 0 Å². The summed E-state index contributed by atoms with van der Waals surface area (Å²) in [6.07, 6.45) is 4.83. The molecule has 0 aromatic heterocycles. The number of unbranched alkanes of at least 4 members (excludes halogenated alkanes) is 3. The maximum absolute atomic E-state index is 5.43. The number of hydrogen-bond acceptors (Lipinski definition) is 3. The molecule has 0 saturated heterocycles. The number of nitrogens with two attached hydrogens (primary N) is 1. The van der Waals surface area contributed by atoms with Gasteiger partial charge in [0.05, 0.1) is 7.11 Å². The quantitative estimate of drug-likeness (QED) is 0.665. The third kappa shape index (κ3) is 5.03. The van der Waals surface area contributed by atoms with Gasteiger partial charge in [-0.15, -0.1) is 0 Å². The first-order chi connectivity index (χ1) is 7.86. The highest BCUT2D eigenvalue weighted by atomic mass is 16.5. The van der Waals surface area contributed by atoms with Crippen molar-refractivity contribution in [2.75, 3.05) is 25.5 Å². The molecule has 16 heavy (non-hydrogen) atoms. The van der Waals surface area contributed by atoms with Crippen LogP contribution >= 0.6 is 0 Å². The van der Waals surface area contributed by atoms with Gasteiger partial charge in [0.15, 0.2) is 0 Å². The second-order valence-electron chi connectivity index (χ2n) is 3.86. The number of anilines is 1. The Bertz CT molecular complexity index is 272. The molecule has 0 saturated carbocycles. The third-order valence-electron chi connectivity index (χ3n) is 2.55. The van der Waals surface area contributed by atoms with Gasteiger partial charge in [-0.3, -0.25) is 0 Å². The first-order valence-electron chi connectivity index (χ1n) is 5.95. The highest BCUT2D eigenvalue weighted by Gasteiger charge is 1.93. The Kier molecular flexibility index (Phi) is 6.42. The number of rotatable bonds is 8. The van der Waals surface area contributed by atoms with Crippen molar-refractivity contribution in [1.29, 1.82) is 0 Å². The van der Waals surface area contributed by atoms with Crippen molar-refractivity contribution in [1.82, 2.24) is 0 Å². The summed E-state index contributed by atoms with van der Waals surface area (Å²) in [6, 6.07) is 8.02. The third-order valence-corrected chi connectivity index (χ3v) is 2.55. The van der Waals surface area contributed by atoms with Gasteiger partial charge < -0.3 is 15.8 Å². The zero-order valence-electron chi connectivity index (χ0n) is 10.0. The lowest BCUT2D eigenvalue weighted by Crippen LogP contribution is -2.02. The van der Waals surface area contributed by atoms with Crippen LogP contribution in [0.25, 0.3) is 0 Å². The summed E-state index contributed by atoms with van der Waals surface area (Å²) in [5.74, 6) is 0.897. The molecule has 0 heterocycles. The van der Waals surface area contributed by atoms with E-state index in [4.69, 9.17) is 10.5 Å². The molecule has 3 nitrogen and oxygen atoms in total. The van der Waals surface area contributed by atoms with Crippen molar-refractivity contribution in [3.8, 4) is 5.75 Å². The summed E-state index contributed by atoms with van der Waals surface area (Å²) < 4.78 is 5.10. The minimum atomic E-state index is 0.811. The molecule has 3 N–H and O–H groups in total. The van der Waals surface area contributed by atoms with E-state index in [2.05, 4.69) is 5.32 Å². The fraction of sp³-hybridized carbons (Fsp3) is 0.538. The van der Waals surface area contributed by atoms with Crippen molar-refractivity contribution in [3.63, 3.8) is 0 Å². The van der Waals surface area contributed by atoms with E-state index in [1.807, 2.05) is 24.3 Å².